The predicted octanol–water partition coefficient (Wildman–Crippen LogP) is 3.26. The molecule has 1 aromatic rings. The summed E-state index contributed by atoms with van der Waals surface area (Å²) in [4.78, 5) is 12.5. The maximum atomic E-state index is 12.5. The minimum Gasteiger partial charge on any atom is -0.494 e. The van der Waals surface area contributed by atoms with Crippen LogP contribution >= 0.6 is 0 Å². The molecule has 1 atom stereocenters. The van der Waals surface area contributed by atoms with Gasteiger partial charge in [0.2, 0.25) is 15.9 Å². The maximum absolute atomic E-state index is 12.5. The van der Waals surface area contributed by atoms with E-state index in [-0.39, 0.29) is 24.1 Å². The predicted molar refractivity (Wildman–Crippen MR) is 104 cm³/mol. The molecule has 1 N–H and O–H groups in total. The van der Waals surface area contributed by atoms with Gasteiger partial charge in [0.1, 0.15) is 5.75 Å². The van der Waals surface area contributed by atoms with E-state index in [0.29, 0.717) is 38.1 Å². The number of anilines is 1. The topological polar surface area (TPSA) is 75.7 Å². The molecule has 1 heterocycles. The Morgan fingerprint density at radius 3 is 2.62 bits per heavy atom. The number of hydrogen-bond donors (Lipinski definition) is 1. The summed E-state index contributed by atoms with van der Waals surface area (Å²) < 4.78 is 31.8. The molecule has 0 unspecified atom stereocenters. The Kier molecular flexibility index (Phi) is 7.90. The molecule has 0 saturated carbocycles. The minimum atomic E-state index is -3.26. The average molecular weight is 383 g/mol. The zero-order chi connectivity index (χ0) is 19.0. The van der Waals surface area contributed by atoms with Gasteiger partial charge in [-0.05, 0) is 49.9 Å². The number of carbonyl (C=O) groups is 1. The third-order valence-corrected chi connectivity index (χ3v) is 6.42. The van der Waals surface area contributed by atoms with E-state index in [2.05, 4.69) is 5.32 Å². The summed E-state index contributed by atoms with van der Waals surface area (Å²) in [6, 6.07) is 7.27. The molecular weight excluding hydrogens is 352 g/mol. The highest BCUT2D eigenvalue weighted by molar-refractivity contribution is 7.89. The summed E-state index contributed by atoms with van der Waals surface area (Å²) in [7, 11) is -3.26. The SMILES string of the molecule is CCCCS(=O)(=O)N1CCC[C@@H](C(=O)Nc2ccc(OCCC)cc2)C1. The number of nitrogens with zero attached hydrogens (tertiary/aromatic N) is 1. The minimum absolute atomic E-state index is 0.123. The van der Waals surface area contributed by atoms with E-state index in [9.17, 15) is 13.2 Å². The summed E-state index contributed by atoms with van der Waals surface area (Å²) in [6.07, 6.45) is 3.87. The molecule has 2 rings (SSSR count). The lowest BCUT2D eigenvalue weighted by molar-refractivity contribution is -0.120. The summed E-state index contributed by atoms with van der Waals surface area (Å²) in [5.74, 6) is 0.506. The molecule has 7 heteroatoms. The number of rotatable bonds is 9. The molecule has 6 nitrogen and oxygen atoms in total. The number of nitrogens with one attached hydrogen (secondary N) is 1. The highest BCUT2D eigenvalue weighted by atomic mass is 32.2. The summed E-state index contributed by atoms with van der Waals surface area (Å²) >= 11 is 0. The molecule has 0 aliphatic carbocycles. The van der Waals surface area contributed by atoms with Gasteiger partial charge in [-0.3, -0.25) is 4.79 Å². The molecule has 0 aromatic heterocycles. The normalized spacial score (nSPS) is 18.5. The van der Waals surface area contributed by atoms with Crippen molar-refractivity contribution in [3.63, 3.8) is 0 Å². The fraction of sp³-hybridized carbons (Fsp3) is 0.632. The molecule has 1 aliphatic heterocycles. The van der Waals surface area contributed by atoms with Crippen LogP contribution in [0.15, 0.2) is 24.3 Å². The van der Waals surface area contributed by atoms with Gasteiger partial charge in [0, 0.05) is 18.8 Å². The third-order valence-electron chi connectivity index (χ3n) is 4.50. The quantitative estimate of drug-likeness (QED) is 0.711. The van der Waals surface area contributed by atoms with Crippen LogP contribution in [0.5, 0.6) is 5.75 Å². The van der Waals surface area contributed by atoms with Gasteiger partial charge in [0.05, 0.1) is 18.3 Å². The fourth-order valence-corrected chi connectivity index (χ4v) is 4.69. The van der Waals surface area contributed by atoms with Gasteiger partial charge in [-0.1, -0.05) is 20.3 Å². The van der Waals surface area contributed by atoms with Gasteiger partial charge in [0.25, 0.3) is 0 Å². The second kappa shape index (κ2) is 9.92. The first-order chi connectivity index (χ1) is 12.5. The van der Waals surface area contributed by atoms with Crippen molar-refractivity contribution in [2.75, 3.05) is 30.8 Å². The van der Waals surface area contributed by atoms with Crippen molar-refractivity contribution < 1.29 is 17.9 Å². The molecule has 26 heavy (non-hydrogen) atoms. The van der Waals surface area contributed by atoms with Crippen molar-refractivity contribution in [3.8, 4) is 5.75 Å². The number of amides is 1. The number of unbranched alkanes of at least 4 members (excludes halogenated alkanes) is 1. The highest BCUT2D eigenvalue weighted by Crippen LogP contribution is 2.22. The lowest BCUT2D eigenvalue weighted by atomic mass is 9.99. The van der Waals surface area contributed by atoms with E-state index in [4.69, 9.17) is 4.74 Å². The summed E-state index contributed by atoms with van der Waals surface area (Å²) in [6.45, 7) is 5.47. The maximum Gasteiger partial charge on any atom is 0.228 e. The number of benzene rings is 1. The molecule has 1 aromatic carbocycles. The molecule has 1 amide bonds. The number of hydrogen-bond acceptors (Lipinski definition) is 4. The van der Waals surface area contributed by atoms with Crippen molar-refractivity contribution in [1.82, 2.24) is 4.31 Å². The van der Waals surface area contributed by atoms with Crippen LogP contribution in [0.1, 0.15) is 46.0 Å². The number of carbonyl (C=O) groups excluding carboxylic acids is 1. The Bertz CT molecular complexity index is 673. The zero-order valence-electron chi connectivity index (χ0n) is 15.7. The molecule has 0 spiro atoms. The van der Waals surface area contributed by atoms with Gasteiger partial charge in [-0.25, -0.2) is 12.7 Å². The third kappa shape index (κ3) is 5.99. The van der Waals surface area contributed by atoms with Crippen molar-refractivity contribution in [2.45, 2.75) is 46.0 Å². The molecular formula is C19H30N2O4S. The first-order valence-corrected chi connectivity index (χ1v) is 11.1. The molecule has 1 saturated heterocycles. The Balaban J connectivity index is 1.92. The van der Waals surface area contributed by atoms with E-state index >= 15 is 0 Å². The Morgan fingerprint density at radius 2 is 1.96 bits per heavy atom. The van der Waals surface area contributed by atoms with Crippen molar-refractivity contribution in [1.29, 1.82) is 0 Å². The van der Waals surface area contributed by atoms with Gasteiger partial charge in [-0.15, -0.1) is 0 Å². The van der Waals surface area contributed by atoms with Gasteiger partial charge in [-0.2, -0.15) is 0 Å². The largest absolute Gasteiger partial charge is 0.494 e. The second-order valence-electron chi connectivity index (χ2n) is 6.73. The van der Waals surface area contributed by atoms with Gasteiger partial charge >= 0.3 is 0 Å². The lowest BCUT2D eigenvalue weighted by Gasteiger charge is -2.31. The molecule has 1 aliphatic rings. The average Bonchev–Trinajstić information content (AvgIpc) is 2.66. The molecule has 146 valence electrons. The smallest absolute Gasteiger partial charge is 0.228 e. The van der Waals surface area contributed by atoms with E-state index in [0.717, 1.165) is 18.6 Å². The zero-order valence-corrected chi connectivity index (χ0v) is 16.6. The van der Waals surface area contributed by atoms with E-state index < -0.39 is 10.0 Å². The van der Waals surface area contributed by atoms with Crippen LogP contribution in [-0.4, -0.2) is 44.1 Å². The Hall–Kier alpha value is -1.60. The van der Waals surface area contributed by atoms with Gasteiger partial charge in [0.15, 0.2) is 0 Å². The Labute approximate surface area is 157 Å². The Morgan fingerprint density at radius 1 is 1.23 bits per heavy atom. The second-order valence-corrected chi connectivity index (χ2v) is 8.82. The molecule has 1 fully saturated rings. The lowest BCUT2D eigenvalue weighted by Crippen LogP contribution is -2.44. The monoisotopic (exact) mass is 382 g/mol. The highest BCUT2D eigenvalue weighted by Gasteiger charge is 2.31. The summed E-state index contributed by atoms with van der Waals surface area (Å²) in [5, 5.41) is 2.89. The molecule has 0 bridgehead atoms. The van der Waals surface area contributed by atoms with Crippen molar-refractivity contribution >= 4 is 21.6 Å². The molecule has 0 radical (unpaired) electrons. The van der Waals surface area contributed by atoms with Crippen LogP contribution in [0.4, 0.5) is 5.69 Å². The van der Waals surface area contributed by atoms with Crippen LogP contribution in [0, 0.1) is 5.92 Å². The van der Waals surface area contributed by atoms with Gasteiger partial charge < -0.3 is 10.1 Å². The fourth-order valence-electron chi connectivity index (χ4n) is 2.96. The van der Waals surface area contributed by atoms with Crippen LogP contribution in [-0.2, 0) is 14.8 Å². The van der Waals surface area contributed by atoms with Crippen molar-refractivity contribution in [3.05, 3.63) is 24.3 Å². The standard InChI is InChI=1S/C19H30N2O4S/c1-3-5-14-26(23,24)21-12-6-7-16(15-21)19(22)20-17-8-10-18(11-9-17)25-13-4-2/h8-11,16H,3-7,12-15H2,1-2H3,(H,20,22)/t16-/m1/s1. The number of ether oxygens (including phenoxy) is 1. The first-order valence-electron chi connectivity index (χ1n) is 9.47. The number of piperidine rings is 1. The van der Waals surface area contributed by atoms with E-state index in [1.54, 1.807) is 0 Å². The van der Waals surface area contributed by atoms with E-state index in [1.165, 1.54) is 4.31 Å². The number of sulfonamides is 1. The van der Waals surface area contributed by atoms with Crippen LogP contribution in [0.2, 0.25) is 0 Å². The van der Waals surface area contributed by atoms with Crippen molar-refractivity contribution in [2.24, 2.45) is 5.92 Å². The van der Waals surface area contributed by atoms with Crippen LogP contribution in [0.3, 0.4) is 0 Å². The van der Waals surface area contributed by atoms with Crippen LogP contribution < -0.4 is 10.1 Å². The first kappa shape index (κ1) is 20.7. The summed E-state index contributed by atoms with van der Waals surface area (Å²) in [5.41, 5.74) is 0.699. The van der Waals surface area contributed by atoms with E-state index in [1.807, 2.05) is 38.1 Å². The van der Waals surface area contributed by atoms with Crippen LogP contribution in [0.25, 0.3) is 0 Å².